The topological polar surface area (TPSA) is 93.0 Å². The molecule has 0 bridgehead atoms. The number of pyridine rings is 1. The molecule has 1 saturated heterocycles. The summed E-state index contributed by atoms with van der Waals surface area (Å²) in [6.07, 6.45) is -0.997. The molecule has 4 heterocycles. The van der Waals surface area contributed by atoms with E-state index in [-0.39, 0.29) is 0 Å². The molecule has 2 N–H and O–H groups in total. The Morgan fingerprint density at radius 2 is 1.77 bits per heavy atom. The number of nitrogens with one attached hydrogen (secondary N) is 2. The first-order valence-corrected chi connectivity index (χ1v) is 13.0. The van der Waals surface area contributed by atoms with Crippen molar-refractivity contribution >= 4 is 39.5 Å². The second-order valence-corrected chi connectivity index (χ2v) is 9.55. The van der Waals surface area contributed by atoms with Gasteiger partial charge in [-0.15, -0.1) is 0 Å². The number of morpholine rings is 1. The third-order valence-corrected chi connectivity index (χ3v) is 6.78. The largest absolute Gasteiger partial charge is 0.416 e. The van der Waals surface area contributed by atoms with Gasteiger partial charge in [0.15, 0.2) is 17.0 Å². The summed E-state index contributed by atoms with van der Waals surface area (Å²) in [5.41, 5.74) is 2.84. The van der Waals surface area contributed by atoms with Gasteiger partial charge >= 0.3 is 6.18 Å². The molecule has 1 aliphatic heterocycles. The van der Waals surface area contributed by atoms with Gasteiger partial charge in [-0.25, -0.2) is 4.98 Å². The second kappa shape index (κ2) is 11.1. The van der Waals surface area contributed by atoms with Crippen LogP contribution in [0.5, 0.6) is 0 Å². The molecule has 0 amide bonds. The van der Waals surface area contributed by atoms with Crippen molar-refractivity contribution in [3.63, 3.8) is 0 Å². The van der Waals surface area contributed by atoms with Crippen LogP contribution in [0.15, 0.2) is 67.1 Å². The number of ether oxygens (including phenoxy) is 1. The molecule has 0 radical (unpaired) electrons. The van der Waals surface area contributed by atoms with Crippen LogP contribution in [0.4, 0.5) is 30.6 Å². The maximum Gasteiger partial charge on any atom is 0.416 e. The van der Waals surface area contributed by atoms with Crippen molar-refractivity contribution in [3.8, 4) is 0 Å². The number of fused-ring (bicyclic) bond motifs is 2. The minimum atomic E-state index is -4.38. The van der Waals surface area contributed by atoms with Gasteiger partial charge in [0, 0.05) is 43.4 Å². The fourth-order valence-electron chi connectivity index (χ4n) is 4.67. The van der Waals surface area contributed by atoms with Gasteiger partial charge < -0.3 is 19.9 Å². The summed E-state index contributed by atoms with van der Waals surface area (Å²) in [7, 11) is 0. The Bertz CT molecular complexity index is 1610. The Morgan fingerprint density at radius 3 is 2.58 bits per heavy atom. The molecule has 5 aromatic rings. The van der Waals surface area contributed by atoms with E-state index in [0.29, 0.717) is 41.6 Å². The van der Waals surface area contributed by atoms with Crippen molar-refractivity contribution in [2.24, 2.45) is 0 Å². The predicted octanol–water partition coefficient (Wildman–Crippen LogP) is 4.93. The third-order valence-electron chi connectivity index (χ3n) is 6.78. The number of hydrogen-bond acceptors (Lipinski definition) is 8. The molecule has 9 nitrogen and oxygen atoms in total. The number of rotatable bonds is 8. The molecule has 3 aromatic heterocycles. The molecule has 6 rings (SSSR count). The van der Waals surface area contributed by atoms with Crippen LogP contribution in [0.25, 0.3) is 22.1 Å². The van der Waals surface area contributed by atoms with E-state index in [0.717, 1.165) is 61.6 Å². The van der Waals surface area contributed by atoms with Crippen LogP contribution in [-0.2, 0) is 17.5 Å². The minimum Gasteiger partial charge on any atom is -0.379 e. The highest BCUT2D eigenvalue weighted by atomic mass is 19.4. The molecule has 0 unspecified atom stereocenters. The first-order chi connectivity index (χ1) is 19.4. The molecular weight excluding hydrogens is 521 g/mol. The number of hydrogen-bond donors (Lipinski definition) is 2. The average Bonchev–Trinajstić information content (AvgIpc) is 3.36. The maximum absolute atomic E-state index is 13.0. The van der Waals surface area contributed by atoms with E-state index in [1.54, 1.807) is 12.5 Å². The minimum absolute atomic E-state index is 0.306. The van der Waals surface area contributed by atoms with Crippen LogP contribution in [0.2, 0.25) is 0 Å². The number of aromatic nitrogens is 5. The number of benzene rings is 2. The first kappa shape index (κ1) is 26.0. The predicted molar refractivity (Wildman–Crippen MR) is 147 cm³/mol. The van der Waals surface area contributed by atoms with Crippen molar-refractivity contribution in [2.45, 2.75) is 12.7 Å². The zero-order valence-corrected chi connectivity index (χ0v) is 21.5. The molecule has 0 saturated carbocycles. The molecule has 12 heteroatoms. The van der Waals surface area contributed by atoms with Crippen molar-refractivity contribution in [1.82, 2.24) is 29.4 Å². The monoisotopic (exact) mass is 548 g/mol. The van der Waals surface area contributed by atoms with Crippen LogP contribution < -0.4 is 10.6 Å². The second-order valence-electron chi connectivity index (χ2n) is 9.55. The van der Waals surface area contributed by atoms with Crippen LogP contribution in [-0.4, -0.2) is 68.8 Å². The van der Waals surface area contributed by atoms with Gasteiger partial charge in [-0.2, -0.15) is 23.1 Å². The van der Waals surface area contributed by atoms with Gasteiger partial charge in [0.2, 0.25) is 5.95 Å². The Kier molecular flexibility index (Phi) is 7.18. The fraction of sp³-hybridized carbons (Fsp3) is 0.286. The molecule has 1 fully saturated rings. The van der Waals surface area contributed by atoms with Gasteiger partial charge in [0.05, 0.1) is 37.2 Å². The first-order valence-electron chi connectivity index (χ1n) is 13.0. The van der Waals surface area contributed by atoms with Crippen molar-refractivity contribution in [3.05, 3.63) is 78.2 Å². The zero-order chi connectivity index (χ0) is 27.5. The Labute approximate surface area is 228 Å². The lowest BCUT2D eigenvalue weighted by Crippen LogP contribution is -2.39. The Morgan fingerprint density at radius 1 is 0.950 bits per heavy atom. The maximum atomic E-state index is 13.0. The summed E-state index contributed by atoms with van der Waals surface area (Å²) in [6, 6.07) is 14.8. The Balaban J connectivity index is 1.29. The van der Waals surface area contributed by atoms with E-state index >= 15 is 0 Å². The van der Waals surface area contributed by atoms with E-state index < -0.39 is 11.7 Å². The number of imidazole rings is 1. The van der Waals surface area contributed by atoms with Gasteiger partial charge in [-0.3, -0.25) is 9.88 Å². The van der Waals surface area contributed by atoms with Crippen LogP contribution in [0.3, 0.4) is 0 Å². The zero-order valence-electron chi connectivity index (χ0n) is 21.5. The van der Waals surface area contributed by atoms with Crippen LogP contribution >= 0.6 is 0 Å². The molecule has 2 aromatic carbocycles. The molecule has 40 heavy (non-hydrogen) atoms. The van der Waals surface area contributed by atoms with Gasteiger partial charge in [0.1, 0.15) is 0 Å². The lowest BCUT2D eigenvalue weighted by atomic mass is 10.1. The van der Waals surface area contributed by atoms with E-state index in [1.807, 2.05) is 34.9 Å². The smallest absolute Gasteiger partial charge is 0.379 e. The van der Waals surface area contributed by atoms with Crippen LogP contribution in [0, 0.1) is 0 Å². The third kappa shape index (κ3) is 5.82. The highest BCUT2D eigenvalue weighted by Gasteiger charge is 2.30. The summed E-state index contributed by atoms with van der Waals surface area (Å²) >= 11 is 0. The van der Waals surface area contributed by atoms with Gasteiger partial charge in [-0.05, 0) is 42.0 Å². The highest BCUT2D eigenvalue weighted by molar-refractivity contribution is 5.86. The fourth-order valence-corrected chi connectivity index (χ4v) is 4.67. The van der Waals surface area contributed by atoms with E-state index in [4.69, 9.17) is 14.7 Å². The van der Waals surface area contributed by atoms with Crippen molar-refractivity contribution in [1.29, 1.82) is 0 Å². The van der Waals surface area contributed by atoms with Gasteiger partial charge in [0.25, 0.3) is 0 Å². The Hall–Kier alpha value is -4.29. The lowest BCUT2D eigenvalue weighted by molar-refractivity contribution is -0.137. The summed E-state index contributed by atoms with van der Waals surface area (Å²) in [4.78, 5) is 20.7. The van der Waals surface area contributed by atoms with Crippen molar-refractivity contribution < 1.29 is 17.9 Å². The molecule has 0 atom stereocenters. The highest BCUT2D eigenvalue weighted by Crippen LogP contribution is 2.30. The van der Waals surface area contributed by atoms with E-state index in [1.165, 1.54) is 12.1 Å². The molecule has 206 valence electrons. The molecule has 1 aliphatic rings. The quantitative estimate of drug-likeness (QED) is 0.282. The number of anilines is 3. The van der Waals surface area contributed by atoms with E-state index in [9.17, 15) is 13.2 Å². The van der Waals surface area contributed by atoms with Crippen molar-refractivity contribution in [2.75, 3.05) is 50.0 Å². The summed E-state index contributed by atoms with van der Waals surface area (Å²) < 4.78 is 46.3. The van der Waals surface area contributed by atoms with Gasteiger partial charge in [-0.1, -0.05) is 18.2 Å². The van der Waals surface area contributed by atoms with Crippen LogP contribution in [0.1, 0.15) is 11.1 Å². The SMILES string of the molecule is FC(F)(F)c1ccc(Cn2cnc3c(NCCN4CCOCC4)nc(Nc4ccc5ncccc5c4)nc32)cc1. The number of halogens is 3. The normalized spacial score (nSPS) is 14.6. The molecule has 0 spiro atoms. The standard InChI is InChI=1S/C28H27F3N8O/c29-28(30,31)21-5-3-19(4-6-21)17-39-18-34-24-25(33-10-11-38-12-14-40-15-13-38)36-27(37-26(24)39)35-22-7-8-23-20(16-22)2-1-9-32-23/h1-9,16,18H,10-15,17H2,(H2,33,35,36,37). The molecular formula is C28H27F3N8O. The average molecular weight is 549 g/mol. The summed E-state index contributed by atoms with van der Waals surface area (Å²) in [5.74, 6) is 0.952. The summed E-state index contributed by atoms with van der Waals surface area (Å²) in [5, 5.41) is 7.67. The number of alkyl halides is 3. The number of nitrogens with zero attached hydrogens (tertiary/aromatic N) is 6. The molecule has 0 aliphatic carbocycles. The summed E-state index contributed by atoms with van der Waals surface area (Å²) in [6.45, 7) is 4.99. The lowest BCUT2D eigenvalue weighted by Gasteiger charge is -2.26. The van der Waals surface area contributed by atoms with E-state index in [2.05, 4.69) is 25.5 Å².